The van der Waals surface area contributed by atoms with Gasteiger partial charge >= 0.3 is 0 Å². The van der Waals surface area contributed by atoms with Crippen molar-refractivity contribution < 1.29 is 0 Å². The fourth-order valence-electron chi connectivity index (χ4n) is 2.98. The molecule has 0 bridgehead atoms. The number of hydrogen-bond donors (Lipinski definition) is 2. The van der Waals surface area contributed by atoms with Crippen LogP contribution in [0.1, 0.15) is 38.2 Å². The molecule has 134 valence electrons. The average molecular weight is 350 g/mol. The number of rotatable bonds is 8. The molecule has 1 aliphatic heterocycles. The number of pyridine rings is 1. The molecule has 3 rings (SSSR count). The fraction of sp³-hybridized carbons (Fsp3) is 0.722. The van der Waals surface area contributed by atoms with E-state index in [-0.39, 0.29) is 0 Å². The van der Waals surface area contributed by atoms with Gasteiger partial charge in [-0.2, -0.15) is 0 Å². The topological polar surface area (TPSA) is 43.4 Å². The SMILES string of the molecule is CC(C)NSCCNc1nc(N2CCN(C)CC2)ccc1C1CC1. The fourth-order valence-corrected chi connectivity index (χ4v) is 3.64. The van der Waals surface area contributed by atoms with E-state index in [1.807, 2.05) is 0 Å². The highest BCUT2D eigenvalue weighted by molar-refractivity contribution is 7.97. The molecule has 0 atom stereocenters. The Morgan fingerprint density at radius 2 is 1.96 bits per heavy atom. The van der Waals surface area contributed by atoms with Gasteiger partial charge in [-0.1, -0.05) is 18.0 Å². The van der Waals surface area contributed by atoms with Gasteiger partial charge in [-0.15, -0.1) is 0 Å². The van der Waals surface area contributed by atoms with Gasteiger partial charge in [0.25, 0.3) is 0 Å². The first kappa shape index (κ1) is 17.8. The van der Waals surface area contributed by atoms with E-state index in [1.165, 1.54) is 18.4 Å². The van der Waals surface area contributed by atoms with Gasteiger partial charge in [0.1, 0.15) is 11.6 Å². The Labute approximate surface area is 150 Å². The van der Waals surface area contributed by atoms with Crippen LogP contribution in [0.15, 0.2) is 12.1 Å². The van der Waals surface area contributed by atoms with Crippen LogP contribution in [0, 0.1) is 0 Å². The highest BCUT2D eigenvalue weighted by Crippen LogP contribution is 2.43. The monoisotopic (exact) mass is 349 g/mol. The van der Waals surface area contributed by atoms with Gasteiger partial charge in [0.15, 0.2) is 0 Å². The first-order valence-corrected chi connectivity index (χ1v) is 10.2. The third-order valence-corrected chi connectivity index (χ3v) is 5.62. The van der Waals surface area contributed by atoms with Gasteiger partial charge in [0.05, 0.1) is 0 Å². The largest absolute Gasteiger partial charge is 0.369 e. The van der Waals surface area contributed by atoms with E-state index < -0.39 is 0 Å². The van der Waals surface area contributed by atoms with Crippen molar-refractivity contribution in [3.63, 3.8) is 0 Å². The summed E-state index contributed by atoms with van der Waals surface area (Å²) in [7, 11) is 2.19. The van der Waals surface area contributed by atoms with E-state index in [9.17, 15) is 0 Å². The van der Waals surface area contributed by atoms with Gasteiger partial charge in [-0.25, -0.2) is 4.98 Å². The highest BCUT2D eigenvalue weighted by atomic mass is 32.2. The maximum absolute atomic E-state index is 4.98. The van der Waals surface area contributed by atoms with Crippen LogP contribution in [0.5, 0.6) is 0 Å². The second-order valence-corrected chi connectivity index (χ2v) is 8.15. The summed E-state index contributed by atoms with van der Waals surface area (Å²) in [4.78, 5) is 9.78. The quantitative estimate of drug-likeness (QED) is 0.556. The Morgan fingerprint density at radius 1 is 1.21 bits per heavy atom. The van der Waals surface area contributed by atoms with Crippen LogP contribution < -0.4 is 14.9 Å². The van der Waals surface area contributed by atoms with Gasteiger partial charge in [-0.05, 0) is 51.3 Å². The standard InChI is InChI=1S/C18H31N5S/c1-14(2)21-24-13-8-19-18-16(15-4-5-15)6-7-17(20-18)23-11-9-22(3)10-12-23/h6-7,14-15,21H,4-5,8-13H2,1-3H3,(H,19,20). The molecule has 0 unspecified atom stereocenters. The molecular formula is C18H31N5S. The lowest BCUT2D eigenvalue weighted by Gasteiger charge is -2.33. The Hall–Kier alpha value is -0.980. The van der Waals surface area contributed by atoms with Crippen molar-refractivity contribution in [1.82, 2.24) is 14.6 Å². The maximum atomic E-state index is 4.98. The van der Waals surface area contributed by atoms with Gasteiger partial charge in [-0.3, -0.25) is 4.72 Å². The summed E-state index contributed by atoms with van der Waals surface area (Å²) in [5.74, 6) is 4.01. The zero-order valence-corrected chi connectivity index (χ0v) is 16.0. The molecule has 2 heterocycles. The van der Waals surface area contributed by atoms with E-state index >= 15 is 0 Å². The van der Waals surface area contributed by atoms with Crippen molar-refractivity contribution in [3.05, 3.63) is 17.7 Å². The molecule has 24 heavy (non-hydrogen) atoms. The van der Waals surface area contributed by atoms with Crippen molar-refractivity contribution in [2.24, 2.45) is 0 Å². The van der Waals surface area contributed by atoms with Gasteiger partial charge < -0.3 is 15.1 Å². The van der Waals surface area contributed by atoms with E-state index in [2.05, 4.69) is 52.9 Å². The molecule has 0 radical (unpaired) electrons. The van der Waals surface area contributed by atoms with Crippen molar-refractivity contribution in [2.45, 2.75) is 38.6 Å². The summed E-state index contributed by atoms with van der Waals surface area (Å²) in [6.07, 6.45) is 2.63. The third-order valence-electron chi connectivity index (χ3n) is 4.57. The van der Waals surface area contributed by atoms with Crippen molar-refractivity contribution in [3.8, 4) is 0 Å². The Bertz CT molecular complexity index is 524. The summed E-state index contributed by atoms with van der Waals surface area (Å²) in [5.41, 5.74) is 1.41. The summed E-state index contributed by atoms with van der Waals surface area (Å²) < 4.78 is 3.39. The van der Waals surface area contributed by atoms with Crippen LogP contribution in [-0.4, -0.2) is 61.5 Å². The molecule has 0 spiro atoms. The van der Waals surface area contributed by atoms with Crippen LogP contribution in [0.25, 0.3) is 0 Å². The lowest BCUT2D eigenvalue weighted by Crippen LogP contribution is -2.44. The van der Waals surface area contributed by atoms with E-state index in [0.29, 0.717) is 6.04 Å². The number of anilines is 2. The molecule has 1 saturated heterocycles. The Balaban J connectivity index is 1.60. The summed E-state index contributed by atoms with van der Waals surface area (Å²) in [6.45, 7) is 9.67. The number of likely N-dealkylation sites (N-methyl/N-ethyl adjacent to an activating group) is 1. The smallest absolute Gasteiger partial charge is 0.131 e. The predicted molar refractivity (Wildman–Crippen MR) is 105 cm³/mol. The number of hydrogen-bond acceptors (Lipinski definition) is 6. The first-order chi connectivity index (χ1) is 11.6. The minimum absolute atomic E-state index is 0.524. The number of aromatic nitrogens is 1. The van der Waals surface area contributed by atoms with Crippen molar-refractivity contribution in [2.75, 3.05) is 55.7 Å². The van der Waals surface area contributed by atoms with Crippen molar-refractivity contribution in [1.29, 1.82) is 0 Å². The third kappa shape index (κ3) is 5.01. The highest BCUT2D eigenvalue weighted by Gasteiger charge is 2.27. The number of nitrogens with zero attached hydrogens (tertiary/aromatic N) is 3. The van der Waals surface area contributed by atoms with Crippen LogP contribution in [-0.2, 0) is 0 Å². The zero-order valence-electron chi connectivity index (χ0n) is 15.2. The van der Waals surface area contributed by atoms with Crippen LogP contribution in [0.4, 0.5) is 11.6 Å². The maximum Gasteiger partial charge on any atom is 0.131 e. The Kier molecular flexibility index (Phi) is 6.25. The first-order valence-electron chi connectivity index (χ1n) is 9.19. The lowest BCUT2D eigenvalue weighted by molar-refractivity contribution is 0.312. The molecule has 1 saturated carbocycles. The van der Waals surface area contributed by atoms with E-state index in [1.54, 1.807) is 11.9 Å². The van der Waals surface area contributed by atoms with Crippen LogP contribution in [0.2, 0.25) is 0 Å². The van der Waals surface area contributed by atoms with Crippen LogP contribution >= 0.6 is 11.9 Å². The van der Waals surface area contributed by atoms with E-state index in [4.69, 9.17) is 4.98 Å². The molecule has 2 fully saturated rings. The molecular weight excluding hydrogens is 318 g/mol. The summed E-state index contributed by atoms with van der Waals surface area (Å²) >= 11 is 1.79. The molecule has 1 aliphatic carbocycles. The van der Waals surface area contributed by atoms with Crippen LogP contribution in [0.3, 0.4) is 0 Å². The average Bonchev–Trinajstić information content (AvgIpc) is 3.40. The number of piperazine rings is 1. The number of nitrogens with one attached hydrogen (secondary N) is 2. The second-order valence-electron chi connectivity index (χ2n) is 7.22. The normalized spacial score (nSPS) is 19.1. The molecule has 2 N–H and O–H groups in total. The molecule has 2 aliphatic rings. The summed E-state index contributed by atoms with van der Waals surface area (Å²) in [5, 5.41) is 3.59. The molecule has 5 nitrogen and oxygen atoms in total. The molecule has 0 amide bonds. The predicted octanol–water partition coefficient (Wildman–Crippen LogP) is 2.77. The lowest BCUT2D eigenvalue weighted by atomic mass is 10.1. The molecule has 0 aromatic carbocycles. The van der Waals surface area contributed by atoms with Gasteiger partial charge in [0, 0.05) is 44.5 Å². The Morgan fingerprint density at radius 3 is 2.62 bits per heavy atom. The summed E-state index contributed by atoms with van der Waals surface area (Å²) in [6, 6.07) is 5.05. The minimum Gasteiger partial charge on any atom is -0.369 e. The molecule has 6 heteroatoms. The zero-order chi connectivity index (χ0) is 16.9. The minimum atomic E-state index is 0.524. The second kappa shape index (κ2) is 8.41. The van der Waals surface area contributed by atoms with E-state index in [0.717, 1.165) is 56.0 Å². The van der Waals surface area contributed by atoms with Crippen molar-refractivity contribution >= 4 is 23.6 Å². The molecule has 1 aromatic heterocycles. The molecule has 1 aromatic rings. The van der Waals surface area contributed by atoms with Gasteiger partial charge in [0.2, 0.25) is 0 Å².